The van der Waals surface area contributed by atoms with Gasteiger partial charge in [0, 0.05) is 17.8 Å². The first kappa shape index (κ1) is 22.4. The molecule has 0 bridgehead atoms. The van der Waals surface area contributed by atoms with E-state index in [0.717, 1.165) is 30.9 Å². The number of alkyl halides is 4. The number of hydrogen-bond acceptors (Lipinski definition) is 8. The number of fused-ring (bicyclic) bond motifs is 1. The van der Waals surface area contributed by atoms with Crippen LogP contribution in [0.15, 0.2) is 48.1 Å². The Morgan fingerprint density at radius 2 is 1.64 bits per heavy atom. The highest BCUT2D eigenvalue weighted by Crippen LogP contribution is 2.47. The van der Waals surface area contributed by atoms with Gasteiger partial charge in [0.2, 0.25) is 5.95 Å². The molecular weight excluding hydrogens is 455 g/mol. The molecule has 0 radical (unpaired) electrons. The average Bonchev–Trinajstić information content (AvgIpc) is 2.76. The van der Waals surface area contributed by atoms with Crippen LogP contribution >= 0.6 is 0 Å². The predicted molar refractivity (Wildman–Crippen MR) is 106 cm³/mol. The van der Waals surface area contributed by atoms with Crippen molar-refractivity contribution in [2.75, 3.05) is 10.6 Å². The maximum Gasteiger partial charge on any atom is 0.507 e. The molecule has 13 heteroatoms. The van der Waals surface area contributed by atoms with Crippen LogP contribution in [0.25, 0.3) is 0 Å². The van der Waals surface area contributed by atoms with Gasteiger partial charge in [-0.1, -0.05) is 0 Å². The number of aromatic nitrogens is 2. The van der Waals surface area contributed by atoms with Crippen molar-refractivity contribution in [2.45, 2.75) is 37.5 Å². The largest absolute Gasteiger partial charge is 0.516 e. The number of ether oxygens (including phenoxy) is 2. The lowest BCUT2D eigenvalue weighted by atomic mass is 9.88. The predicted octanol–water partition coefficient (Wildman–Crippen LogP) is 5.16. The van der Waals surface area contributed by atoms with Gasteiger partial charge in [-0.05, 0) is 42.5 Å². The molecule has 8 nitrogen and oxygen atoms in total. The Morgan fingerprint density at radius 3 is 2.27 bits per heavy atom. The summed E-state index contributed by atoms with van der Waals surface area (Å²) in [5.41, 5.74) is 1.34. The van der Waals surface area contributed by atoms with Crippen molar-refractivity contribution in [3.8, 4) is 11.5 Å². The molecule has 0 saturated heterocycles. The second kappa shape index (κ2) is 8.30. The third-order valence-corrected chi connectivity index (χ3v) is 4.94. The fraction of sp³-hybridized carbons (Fsp3) is 0.300. The summed E-state index contributed by atoms with van der Waals surface area (Å²) in [7, 11) is 0. The topological polar surface area (TPSA) is 109 Å². The lowest BCUT2D eigenvalue weighted by Gasteiger charge is -2.31. The number of aliphatic hydroxyl groups excluding tert-OH is 2. The van der Waals surface area contributed by atoms with Gasteiger partial charge >= 0.3 is 12.2 Å². The second-order valence-corrected chi connectivity index (χ2v) is 7.42. The highest BCUT2D eigenvalue weighted by molar-refractivity contribution is 5.62. The molecule has 1 aromatic carbocycles. The number of halogens is 5. The highest BCUT2D eigenvalue weighted by atomic mass is 19.3. The molecular formula is C20H17F5N4O4. The molecule has 176 valence electrons. The van der Waals surface area contributed by atoms with Gasteiger partial charge in [0.15, 0.2) is 23.1 Å². The van der Waals surface area contributed by atoms with Gasteiger partial charge in [0.25, 0.3) is 0 Å². The molecule has 0 spiro atoms. The first-order valence-corrected chi connectivity index (χ1v) is 9.58. The van der Waals surface area contributed by atoms with Gasteiger partial charge in [0.05, 0.1) is 18.7 Å². The zero-order valence-electron chi connectivity index (χ0n) is 16.7. The summed E-state index contributed by atoms with van der Waals surface area (Å²) in [4.78, 5) is 7.87. The molecule has 1 fully saturated rings. The molecule has 4 rings (SSSR count). The van der Waals surface area contributed by atoms with Gasteiger partial charge in [-0.15, -0.1) is 0 Å². The van der Waals surface area contributed by atoms with E-state index >= 15 is 0 Å². The van der Waals surface area contributed by atoms with Crippen LogP contribution in [0.5, 0.6) is 11.5 Å². The van der Waals surface area contributed by atoms with Crippen LogP contribution in [0.3, 0.4) is 0 Å². The molecule has 4 N–H and O–H groups in total. The Balaban J connectivity index is 1.53. The molecule has 0 amide bonds. The van der Waals surface area contributed by atoms with E-state index in [-0.39, 0.29) is 23.5 Å². The third-order valence-electron chi connectivity index (χ3n) is 4.94. The van der Waals surface area contributed by atoms with E-state index in [9.17, 15) is 32.2 Å². The SMILES string of the molecule is O/C=C1/C/C(=C\O)CC(Nc2ncc(F)c(Nc3ccc4c(c3)OC(F)(F)C(F)(F)O4)n2)C1. The fourth-order valence-electron chi connectivity index (χ4n) is 3.43. The molecule has 2 heterocycles. The molecule has 1 unspecified atom stereocenters. The first-order chi connectivity index (χ1) is 15.6. The quantitative estimate of drug-likeness (QED) is 0.357. The van der Waals surface area contributed by atoms with Gasteiger partial charge in [0.1, 0.15) is 0 Å². The summed E-state index contributed by atoms with van der Waals surface area (Å²) < 4.78 is 75.7. The standard InChI is InChI=1S/C20H17F5N4O4/c21-14-7-26-18(28-13-4-10(8-30)3-11(5-13)9-31)29-17(14)27-12-1-2-15-16(6-12)33-20(24,25)19(22,23)32-15/h1-2,6-9,13,30-31H,3-5H2,(H2,26,27,28,29)/b10-8-,11-9+. The van der Waals surface area contributed by atoms with Gasteiger partial charge in [-0.25, -0.2) is 9.37 Å². The molecule has 2 aliphatic rings. The normalized spacial score (nSPS) is 23.4. The number of anilines is 3. The van der Waals surface area contributed by atoms with E-state index in [1.165, 1.54) is 6.07 Å². The average molecular weight is 472 g/mol. The lowest BCUT2D eigenvalue weighted by molar-refractivity contribution is -0.391. The van der Waals surface area contributed by atoms with Crippen LogP contribution in [0.2, 0.25) is 0 Å². The maximum atomic E-state index is 14.3. The van der Waals surface area contributed by atoms with Crippen molar-refractivity contribution >= 4 is 17.5 Å². The molecule has 33 heavy (non-hydrogen) atoms. The van der Waals surface area contributed by atoms with E-state index in [2.05, 4.69) is 30.1 Å². The van der Waals surface area contributed by atoms with Crippen LogP contribution in [-0.2, 0) is 0 Å². The lowest BCUT2D eigenvalue weighted by Crippen LogP contribution is -2.52. The zero-order valence-corrected chi connectivity index (χ0v) is 16.7. The summed E-state index contributed by atoms with van der Waals surface area (Å²) in [6, 6.07) is 2.79. The Hall–Kier alpha value is -3.77. The van der Waals surface area contributed by atoms with Crippen molar-refractivity contribution in [3.63, 3.8) is 0 Å². The Bertz CT molecular complexity index is 1110. The van der Waals surface area contributed by atoms with E-state index < -0.39 is 29.5 Å². The number of rotatable bonds is 4. The summed E-state index contributed by atoms with van der Waals surface area (Å²) in [6.45, 7) is 0. The number of nitrogens with zero attached hydrogens (tertiary/aromatic N) is 2. The number of nitrogens with one attached hydrogen (secondary N) is 2. The minimum absolute atomic E-state index is 0.00980. The molecule has 2 aromatic rings. The fourth-order valence-corrected chi connectivity index (χ4v) is 3.43. The molecule has 1 aromatic heterocycles. The van der Waals surface area contributed by atoms with Crippen LogP contribution in [0.1, 0.15) is 19.3 Å². The van der Waals surface area contributed by atoms with Crippen LogP contribution < -0.4 is 20.1 Å². The Labute approximate surface area is 183 Å². The molecule has 1 saturated carbocycles. The van der Waals surface area contributed by atoms with E-state index in [0.29, 0.717) is 30.4 Å². The third kappa shape index (κ3) is 4.56. The van der Waals surface area contributed by atoms with Gasteiger partial charge in [-0.3, -0.25) is 0 Å². The summed E-state index contributed by atoms with van der Waals surface area (Å²) in [5, 5.41) is 24.1. The Kier molecular flexibility index (Phi) is 5.64. The number of aliphatic hydroxyl groups is 2. The number of hydrogen-bond donors (Lipinski definition) is 4. The first-order valence-electron chi connectivity index (χ1n) is 9.58. The highest BCUT2D eigenvalue weighted by Gasteiger charge is 2.65. The smallest absolute Gasteiger partial charge is 0.507 e. The van der Waals surface area contributed by atoms with Crippen LogP contribution in [-0.4, -0.2) is 38.4 Å². The van der Waals surface area contributed by atoms with Crippen molar-refractivity contribution in [1.29, 1.82) is 0 Å². The van der Waals surface area contributed by atoms with E-state index in [1.807, 2.05) is 0 Å². The summed E-state index contributed by atoms with van der Waals surface area (Å²) >= 11 is 0. The van der Waals surface area contributed by atoms with E-state index in [4.69, 9.17) is 0 Å². The summed E-state index contributed by atoms with van der Waals surface area (Å²) in [6.07, 6.45) is -5.68. The molecule has 1 aliphatic heterocycles. The minimum atomic E-state index is -4.89. The van der Waals surface area contributed by atoms with Crippen LogP contribution in [0.4, 0.5) is 39.4 Å². The van der Waals surface area contributed by atoms with E-state index in [1.54, 1.807) is 0 Å². The maximum absolute atomic E-state index is 14.3. The monoisotopic (exact) mass is 472 g/mol. The van der Waals surface area contributed by atoms with Crippen molar-refractivity contribution < 1.29 is 41.6 Å². The molecule has 1 aliphatic carbocycles. The van der Waals surface area contributed by atoms with Crippen molar-refractivity contribution in [2.24, 2.45) is 0 Å². The second-order valence-electron chi connectivity index (χ2n) is 7.42. The zero-order chi connectivity index (χ0) is 23.8. The van der Waals surface area contributed by atoms with Crippen LogP contribution in [0, 0.1) is 5.82 Å². The van der Waals surface area contributed by atoms with Gasteiger partial charge < -0.3 is 30.3 Å². The van der Waals surface area contributed by atoms with Crippen molar-refractivity contribution in [1.82, 2.24) is 9.97 Å². The minimum Gasteiger partial charge on any atom is -0.516 e. The Morgan fingerprint density at radius 1 is 1.00 bits per heavy atom. The number of benzene rings is 1. The van der Waals surface area contributed by atoms with Gasteiger partial charge in [-0.2, -0.15) is 22.5 Å². The summed E-state index contributed by atoms with van der Waals surface area (Å²) in [5.74, 6) is -2.46. The molecule has 1 atom stereocenters. The van der Waals surface area contributed by atoms with Crippen molar-refractivity contribution in [3.05, 3.63) is 53.9 Å².